The number of carbonyl (C=O) groups excluding carboxylic acids is 1. The minimum atomic E-state index is -0.577. The topological polar surface area (TPSA) is 101 Å². The average molecular weight is 434 g/mol. The number of hydrogen-bond acceptors (Lipinski definition) is 6. The molecule has 0 saturated heterocycles. The smallest absolute Gasteiger partial charge is 0.322 e. The Labute approximate surface area is 186 Å². The molecule has 0 spiro atoms. The van der Waals surface area contributed by atoms with Crippen molar-refractivity contribution in [3.8, 4) is 22.9 Å². The molecule has 8 nitrogen and oxygen atoms in total. The van der Waals surface area contributed by atoms with E-state index in [9.17, 15) is 9.90 Å². The fourth-order valence-corrected chi connectivity index (χ4v) is 3.82. The molecule has 1 aliphatic heterocycles. The number of hydrogen-bond donors (Lipinski definition) is 2. The van der Waals surface area contributed by atoms with Gasteiger partial charge >= 0.3 is 6.03 Å². The predicted octanol–water partition coefficient (Wildman–Crippen LogP) is 4.60. The van der Waals surface area contributed by atoms with E-state index in [0.717, 1.165) is 11.3 Å². The first kappa shape index (κ1) is 21.4. The van der Waals surface area contributed by atoms with Gasteiger partial charge in [0.05, 0.1) is 18.7 Å². The van der Waals surface area contributed by atoms with Crippen molar-refractivity contribution in [3.63, 3.8) is 0 Å². The van der Waals surface area contributed by atoms with Gasteiger partial charge in [-0.1, -0.05) is 55.4 Å². The van der Waals surface area contributed by atoms with Crippen molar-refractivity contribution in [2.45, 2.75) is 26.8 Å². The molecular weight excluding hydrogens is 408 g/mol. The average Bonchev–Trinajstić information content (AvgIpc) is 3.26. The van der Waals surface area contributed by atoms with Crippen molar-refractivity contribution < 1.29 is 19.2 Å². The van der Waals surface area contributed by atoms with Crippen LogP contribution in [0.1, 0.15) is 38.3 Å². The number of urea groups is 1. The minimum Gasteiger partial charge on any atom is -0.504 e. The number of phenols is 1. The third-order valence-electron chi connectivity index (χ3n) is 5.37. The number of phenolic OH excluding ortho intramolecular Hbond substituents is 1. The van der Waals surface area contributed by atoms with E-state index in [1.54, 1.807) is 23.1 Å². The quantitative estimate of drug-likeness (QED) is 0.588. The van der Waals surface area contributed by atoms with E-state index in [2.05, 4.69) is 15.5 Å². The molecule has 2 amide bonds. The summed E-state index contributed by atoms with van der Waals surface area (Å²) in [5.41, 5.74) is 2.92. The summed E-state index contributed by atoms with van der Waals surface area (Å²) in [5, 5.41) is 17.5. The summed E-state index contributed by atoms with van der Waals surface area (Å²) in [6.45, 7) is 6.52. The Hall–Kier alpha value is -3.81. The highest BCUT2D eigenvalue weighted by molar-refractivity contribution is 5.87. The van der Waals surface area contributed by atoms with Gasteiger partial charge in [-0.3, -0.25) is 4.90 Å². The van der Waals surface area contributed by atoms with Crippen LogP contribution in [0.25, 0.3) is 17.0 Å². The molecule has 2 N–H and O–H groups in total. The summed E-state index contributed by atoms with van der Waals surface area (Å²) < 4.78 is 10.8. The number of methoxy groups -OCH3 is 1. The maximum absolute atomic E-state index is 13.0. The number of allylic oxidation sites excluding steroid dienone is 1. The highest BCUT2D eigenvalue weighted by atomic mass is 16.5. The van der Waals surface area contributed by atoms with E-state index < -0.39 is 6.04 Å². The molecule has 1 unspecified atom stereocenters. The van der Waals surface area contributed by atoms with Crippen LogP contribution in [-0.4, -0.2) is 39.8 Å². The predicted molar refractivity (Wildman–Crippen MR) is 120 cm³/mol. The van der Waals surface area contributed by atoms with Crippen LogP contribution in [-0.2, 0) is 0 Å². The summed E-state index contributed by atoms with van der Waals surface area (Å²) in [5.74, 6) is 1.38. The van der Waals surface area contributed by atoms with Crippen molar-refractivity contribution in [2.24, 2.45) is 5.92 Å². The Balaban J connectivity index is 1.82. The van der Waals surface area contributed by atoms with Crippen LogP contribution in [0.2, 0.25) is 0 Å². The molecule has 0 saturated carbocycles. The fraction of sp³-hybridized carbons (Fsp3) is 0.292. The lowest BCUT2D eigenvalue weighted by molar-refractivity contribution is 0.199. The molecule has 0 aliphatic carbocycles. The van der Waals surface area contributed by atoms with Gasteiger partial charge in [0.25, 0.3) is 5.89 Å². The normalized spacial score (nSPS) is 16.5. The Kier molecular flexibility index (Phi) is 5.85. The third kappa shape index (κ3) is 4.03. The maximum atomic E-state index is 13.0. The van der Waals surface area contributed by atoms with Crippen molar-refractivity contribution >= 4 is 11.6 Å². The Morgan fingerprint density at radius 1 is 1.22 bits per heavy atom. The van der Waals surface area contributed by atoms with Gasteiger partial charge in [0, 0.05) is 17.8 Å². The molecule has 3 aromatic rings. The highest BCUT2D eigenvalue weighted by Gasteiger charge is 2.36. The van der Waals surface area contributed by atoms with Gasteiger partial charge < -0.3 is 19.7 Å². The van der Waals surface area contributed by atoms with Crippen molar-refractivity contribution in [3.05, 3.63) is 65.7 Å². The lowest BCUT2D eigenvalue weighted by atomic mass is 9.94. The van der Waals surface area contributed by atoms with E-state index in [0.29, 0.717) is 35.1 Å². The summed E-state index contributed by atoms with van der Waals surface area (Å²) >= 11 is 0. The largest absolute Gasteiger partial charge is 0.504 e. The second-order valence-electron chi connectivity index (χ2n) is 8.11. The Morgan fingerprint density at radius 3 is 2.62 bits per heavy atom. The zero-order valence-electron chi connectivity index (χ0n) is 18.5. The van der Waals surface area contributed by atoms with Crippen molar-refractivity contribution in [2.75, 3.05) is 13.7 Å². The van der Waals surface area contributed by atoms with E-state index >= 15 is 0 Å². The third-order valence-corrected chi connectivity index (χ3v) is 5.37. The molecule has 2 aromatic carbocycles. The zero-order valence-corrected chi connectivity index (χ0v) is 18.5. The van der Waals surface area contributed by atoms with Gasteiger partial charge in [0.15, 0.2) is 11.5 Å². The second-order valence-corrected chi connectivity index (χ2v) is 8.11. The molecule has 1 atom stereocenters. The number of ether oxygens (including phenoxy) is 1. The van der Waals surface area contributed by atoms with E-state index in [4.69, 9.17) is 9.26 Å². The highest BCUT2D eigenvalue weighted by Crippen LogP contribution is 2.39. The van der Waals surface area contributed by atoms with Crippen LogP contribution in [0.15, 0.2) is 58.8 Å². The number of aromatic nitrogens is 2. The Morgan fingerprint density at radius 2 is 1.97 bits per heavy atom. The van der Waals surface area contributed by atoms with Crippen LogP contribution in [0.4, 0.5) is 4.79 Å². The van der Waals surface area contributed by atoms with Crippen LogP contribution < -0.4 is 10.1 Å². The molecule has 4 rings (SSSR count). The van der Waals surface area contributed by atoms with Crippen LogP contribution in [0, 0.1) is 5.92 Å². The van der Waals surface area contributed by atoms with Gasteiger partial charge in [-0.25, -0.2) is 4.79 Å². The molecule has 32 heavy (non-hydrogen) atoms. The summed E-state index contributed by atoms with van der Waals surface area (Å²) in [7, 11) is 1.49. The molecule has 166 valence electrons. The second kappa shape index (κ2) is 8.74. The van der Waals surface area contributed by atoms with Crippen LogP contribution in [0.5, 0.6) is 11.5 Å². The first-order valence-corrected chi connectivity index (χ1v) is 10.4. The molecule has 2 heterocycles. The van der Waals surface area contributed by atoms with Crippen molar-refractivity contribution in [1.29, 1.82) is 0 Å². The van der Waals surface area contributed by atoms with Crippen LogP contribution >= 0.6 is 0 Å². The fourth-order valence-electron chi connectivity index (χ4n) is 3.82. The van der Waals surface area contributed by atoms with E-state index in [1.165, 1.54) is 7.11 Å². The molecular formula is C24H26N4O4. The molecule has 1 aliphatic rings. The standard InChI is InChI=1S/C24H26N4O4/c1-14(2)13-28-15(3)20(23-26-22(27-32-23)16-8-6-5-7-9-16)21(25-24(28)30)17-10-11-19(31-4)18(29)12-17/h5-12,14,21,29H,13H2,1-4H3,(H,25,30). The number of aromatic hydroxyl groups is 1. The Bertz CT molecular complexity index is 1150. The number of amides is 2. The summed E-state index contributed by atoms with van der Waals surface area (Å²) in [4.78, 5) is 19.3. The molecule has 8 heteroatoms. The molecule has 0 radical (unpaired) electrons. The minimum absolute atomic E-state index is 0.0173. The van der Waals surface area contributed by atoms with Crippen LogP contribution in [0.3, 0.4) is 0 Å². The monoisotopic (exact) mass is 434 g/mol. The van der Waals surface area contributed by atoms with Gasteiger partial charge in [-0.2, -0.15) is 4.98 Å². The lowest BCUT2D eigenvalue weighted by Gasteiger charge is -2.36. The summed E-state index contributed by atoms with van der Waals surface area (Å²) in [6.07, 6.45) is 0. The van der Waals surface area contributed by atoms with E-state index in [1.807, 2.05) is 51.1 Å². The van der Waals surface area contributed by atoms with Gasteiger partial charge in [-0.05, 0) is 30.5 Å². The number of rotatable bonds is 6. The van der Waals surface area contributed by atoms with Gasteiger partial charge in [0.1, 0.15) is 0 Å². The zero-order chi connectivity index (χ0) is 22.8. The number of nitrogens with one attached hydrogen (secondary N) is 1. The maximum Gasteiger partial charge on any atom is 0.322 e. The van der Waals surface area contributed by atoms with Crippen molar-refractivity contribution in [1.82, 2.24) is 20.4 Å². The first-order valence-electron chi connectivity index (χ1n) is 10.4. The number of carbonyl (C=O) groups is 1. The first-order chi connectivity index (χ1) is 15.4. The molecule has 0 fully saturated rings. The van der Waals surface area contributed by atoms with E-state index in [-0.39, 0.29) is 17.7 Å². The number of benzene rings is 2. The lowest BCUT2D eigenvalue weighted by Crippen LogP contribution is -2.47. The van der Waals surface area contributed by atoms with Gasteiger partial charge in [0.2, 0.25) is 5.82 Å². The van der Waals surface area contributed by atoms with Gasteiger partial charge in [-0.15, -0.1) is 0 Å². The summed E-state index contributed by atoms with van der Waals surface area (Å²) in [6, 6.07) is 13.8. The SMILES string of the molecule is COc1ccc(C2NC(=O)N(CC(C)C)C(C)=C2c2nc(-c3ccccc3)no2)cc1O. The number of nitrogens with zero attached hydrogens (tertiary/aromatic N) is 3. The molecule has 0 bridgehead atoms. The molecule has 1 aromatic heterocycles.